The van der Waals surface area contributed by atoms with Crippen LogP contribution in [0, 0.1) is 0 Å². The first-order valence-electron chi connectivity index (χ1n) is 6.89. The molecule has 2 rings (SSSR count). The molecular weight excluding hydrogens is 270 g/mol. The quantitative estimate of drug-likeness (QED) is 0.853. The second-order valence-electron chi connectivity index (χ2n) is 5.33. The minimum Gasteiger partial charge on any atom is -0.381 e. The lowest BCUT2D eigenvalue weighted by atomic mass is 10.1. The fourth-order valence-electron chi connectivity index (χ4n) is 2.08. The van der Waals surface area contributed by atoms with Gasteiger partial charge in [-0.2, -0.15) is 0 Å². The van der Waals surface area contributed by atoms with Crippen molar-refractivity contribution in [2.24, 2.45) is 0 Å². The van der Waals surface area contributed by atoms with Gasteiger partial charge in [-0.15, -0.1) is 0 Å². The van der Waals surface area contributed by atoms with E-state index >= 15 is 0 Å². The van der Waals surface area contributed by atoms with Crippen LogP contribution in [0.5, 0.6) is 0 Å². The summed E-state index contributed by atoms with van der Waals surface area (Å²) >= 11 is 0. The molecular formula is C17H20F2N2. The molecule has 0 unspecified atom stereocenters. The normalized spacial score (nSPS) is 11.1. The smallest absolute Gasteiger partial charge is 0.263 e. The maximum absolute atomic E-state index is 12.5. The highest BCUT2D eigenvalue weighted by Gasteiger charge is 2.05. The van der Waals surface area contributed by atoms with Crippen molar-refractivity contribution < 1.29 is 8.78 Å². The number of rotatable bonds is 6. The molecule has 0 aliphatic heterocycles. The number of halogens is 2. The average molecular weight is 290 g/mol. The zero-order chi connectivity index (χ0) is 15.2. The summed E-state index contributed by atoms with van der Waals surface area (Å²) in [6.45, 7) is 1.53. The largest absolute Gasteiger partial charge is 0.381 e. The van der Waals surface area contributed by atoms with E-state index in [1.54, 1.807) is 12.1 Å². The summed E-state index contributed by atoms with van der Waals surface area (Å²) in [6, 6.07) is 14.6. The van der Waals surface area contributed by atoms with Gasteiger partial charge in [0.25, 0.3) is 6.43 Å². The first kappa shape index (κ1) is 15.4. The maximum atomic E-state index is 12.5. The van der Waals surface area contributed by atoms with Gasteiger partial charge in [0, 0.05) is 24.3 Å². The van der Waals surface area contributed by atoms with Gasteiger partial charge in [0.15, 0.2) is 0 Å². The Balaban J connectivity index is 1.90. The lowest BCUT2D eigenvalue weighted by Crippen LogP contribution is -2.10. The van der Waals surface area contributed by atoms with Crippen LogP contribution in [0.15, 0.2) is 48.5 Å². The van der Waals surface area contributed by atoms with Crippen molar-refractivity contribution in [1.29, 1.82) is 0 Å². The molecule has 0 bridgehead atoms. The van der Waals surface area contributed by atoms with E-state index in [1.165, 1.54) is 17.7 Å². The Morgan fingerprint density at radius 3 is 2.00 bits per heavy atom. The van der Waals surface area contributed by atoms with Gasteiger partial charge in [0.2, 0.25) is 0 Å². The number of nitrogens with zero attached hydrogens (tertiary/aromatic N) is 1. The highest BCUT2D eigenvalue weighted by molar-refractivity contribution is 5.45. The topological polar surface area (TPSA) is 15.3 Å². The van der Waals surface area contributed by atoms with E-state index in [9.17, 15) is 8.78 Å². The number of benzene rings is 2. The fraction of sp³-hybridized carbons (Fsp3) is 0.294. The van der Waals surface area contributed by atoms with Gasteiger partial charge in [0.1, 0.15) is 0 Å². The van der Waals surface area contributed by atoms with Crippen molar-refractivity contribution in [2.75, 3.05) is 19.4 Å². The monoisotopic (exact) mass is 290 g/mol. The Bertz CT molecular complexity index is 548. The average Bonchev–Trinajstić information content (AvgIpc) is 2.46. The molecule has 0 heterocycles. The molecule has 0 saturated carbocycles. The zero-order valence-corrected chi connectivity index (χ0v) is 12.3. The lowest BCUT2D eigenvalue weighted by molar-refractivity contribution is 0.151. The van der Waals surface area contributed by atoms with Gasteiger partial charge in [-0.25, -0.2) is 8.78 Å². The van der Waals surface area contributed by atoms with E-state index in [1.807, 2.05) is 26.2 Å². The van der Waals surface area contributed by atoms with E-state index in [-0.39, 0.29) is 5.56 Å². The molecule has 21 heavy (non-hydrogen) atoms. The van der Waals surface area contributed by atoms with Crippen LogP contribution in [-0.4, -0.2) is 19.0 Å². The van der Waals surface area contributed by atoms with Crippen LogP contribution in [0.2, 0.25) is 0 Å². The summed E-state index contributed by atoms with van der Waals surface area (Å²) in [5.41, 5.74) is 3.32. The molecule has 2 aromatic carbocycles. The Morgan fingerprint density at radius 1 is 0.905 bits per heavy atom. The number of alkyl halides is 2. The molecule has 0 aliphatic rings. The number of nitrogens with one attached hydrogen (secondary N) is 1. The molecule has 0 aromatic heterocycles. The van der Waals surface area contributed by atoms with Crippen LogP contribution in [0.3, 0.4) is 0 Å². The summed E-state index contributed by atoms with van der Waals surface area (Å²) in [5, 5.41) is 3.29. The molecule has 1 N–H and O–H groups in total. The van der Waals surface area contributed by atoms with Crippen molar-refractivity contribution >= 4 is 5.69 Å². The SMILES string of the molecule is CN(C)Cc1ccc(NCc2ccc(C(F)F)cc2)cc1. The molecule has 0 aliphatic carbocycles. The molecule has 2 nitrogen and oxygen atoms in total. The Labute approximate surface area is 124 Å². The van der Waals surface area contributed by atoms with Crippen molar-refractivity contribution in [3.8, 4) is 0 Å². The highest BCUT2D eigenvalue weighted by atomic mass is 19.3. The van der Waals surface area contributed by atoms with E-state index in [4.69, 9.17) is 0 Å². The minimum absolute atomic E-state index is 0.0618. The number of hydrogen-bond acceptors (Lipinski definition) is 2. The molecule has 0 radical (unpaired) electrons. The predicted octanol–water partition coefficient (Wildman–Crippen LogP) is 4.30. The first-order chi connectivity index (χ1) is 10.0. The van der Waals surface area contributed by atoms with E-state index < -0.39 is 6.43 Å². The third-order valence-electron chi connectivity index (χ3n) is 3.18. The van der Waals surface area contributed by atoms with Gasteiger partial charge in [-0.05, 0) is 37.4 Å². The molecule has 0 amide bonds. The van der Waals surface area contributed by atoms with Crippen molar-refractivity contribution in [3.63, 3.8) is 0 Å². The van der Waals surface area contributed by atoms with Crippen LogP contribution >= 0.6 is 0 Å². The van der Waals surface area contributed by atoms with Crippen LogP contribution in [-0.2, 0) is 13.1 Å². The van der Waals surface area contributed by atoms with Crippen LogP contribution in [0.4, 0.5) is 14.5 Å². The van der Waals surface area contributed by atoms with E-state index in [0.717, 1.165) is 17.8 Å². The third-order valence-corrected chi connectivity index (χ3v) is 3.18. The van der Waals surface area contributed by atoms with Gasteiger partial charge in [-0.3, -0.25) is 0 Å². The highest BCUT2D eigenvalue weighted by Crippen LogP contribution is 2.19. The fourth-order valence-corrected chi connectivity index (χ4v) is 2.08. The van der Waals surface area contributed by atoms with Gasteiger partial charge in [-0.1, -0.05) is 36.4 Å². The summed E-state index contributed by atoms with van der Waals surface area (Å²) in [5.74, 6) is 0. The van der Waals surface area contributed by atoms with Gasteiger partial charge < -0.3 is 10.2 Å². The Morgan fingerprint density at radius 2 is 1.48 bits per heavy atom. The predicted molar refractivity (Wildman–Crippen MR) is 82.6 cm³/mol. The molecule has 0 saturated heterocycles. The molecule has 0 fully saturated rings. The Hall–Kier alpha value is -1.94. The molecule has 0 spiro atoms. The second-order valence-corrected chi connectivity index (χ2v) is 5.33. The minimum atomic E-state index is -2.41. The summed E-state index contributed by atoms with van der Waals surface area (Å²) in [6.07, 6.45) is -2.41. The van der Waals surface area contributed by atoms with Crippen molar-refractivity contribution in [3.05, 3.63) is 65.2 Å². The van der Waals surface area contributed by atoms with Crippen LogP contribution < -0.4 is 5.32 Å². The van der Waals surface area contributed by atoms with Crippen LogP contribution in [0.1, 0.15) is 23.1 Å². The van der Waals surface area contributed by atoms with Crippen molar-refractivity contribution in [1.82, 2.24) is 4.90 Å². The molecule has 4 heteroatoms. The van der Waals surface area contributed by atoms with Gasteiger partial charge >= 0.3 is 0 Å². The summed E-state index contributed by atoms with van der Waals surface area (Å²) in [7, 11) is 4.07. The maximum Gasteiger partial charge on any atom is 0.263 e. The molecule has 2 aromatic rings. The van der Waals surface area contributed by atoms with Crippen LogP contribution in [0.25, 0.3) is 0 Å². The standard InChI is InChI=1S/C17H20F2N2/c1-21(2)12-14-5-9-16(10-6-14)20-11-13-3-7-15(8-4-13)17(18)19/h3-10,17,20H,11-12H2,1-2H3. The van der Waals surface area contributed by atoms with Gasteiger partial charge in [0.05, 0.1) is 0 Å². The lowest BCUT2D eigenvalue weighted by Gasteiger charge is -2.11. The summed E-state index contributed by atoms with van der Waals surface area (Å²) < 4.78 is 24.9. The first-order valence-corrected chi connectivity index (χ1v) is 6.89. The third kappa shape index (κ3) is 4.83. The zero-order valence-electron chi connectivity index (χ0n) is 12.3. The summed E-state index contributed by atoms with van der Waals surface area (Å²) in [4.78, 5) is 2.12. The molecule has 112 valence electrons. The van der Waals surface area contributed by atoms with Crippen molar-refractivity contribution in [2.45, 2.75) is 19.5 Å². The van der Waals surface area contributed by atoms with E-state index in [0.29, 0.717) is 6.54 Å². The Kier molecular flexibility index (Phi) is 5.28. The molecule has 0 atom stereocenters. The second kappa shape index (κ2) is 7.18. The number of anilines is 1. The van der Waals surface area contributed by atoms with E-state index in [2.05, 4.69) is 22.3 Å². The number of hydrogen-bond donors (Lipinski definition) is 1.